The van der Waals surface area contributed by atoms with Crippen molar-refractivity contribution in [3.63, 3.8) is 0 Å². The van der Waals surface area contributed by atoms with Crippen LogP contribution in [0.15, 0.2) is 22.7 Å². The molecule has 2 nitrogen and oxygen atoms in total. The summed E-state index contributed by atoms with van der Waals surface area (Å²) >= 11 is 6.67. The van der Waals surface area contributed by atoms with E-state index in [2.05, 4.69) is 31.9 Å². The molecule has 5 heteroatoms. The van der Waals surface area contributed by atoms with Gasteiger partial charge in [0, 0.05) is 28.5 Å². The maximum absolute atomic E-state index is 13.3. The number of hydrogen-bond donors (Lipinski definition) is 0. The zero-order valence-electron chi connectivity index (χ0n) is 10.5. The van der Waals surface area contributed by atoms with Crippen LogP contribution >= 0.6 is 31.9 Å². The number of carbonyl (C=O) groups excluding carboxylic acids is 1. The Morgan fingerprint density at radius 3 is 2.89 bits per heavy atom. The van der Waals surface area contributed by atoms with E-state index in [1.165, 1.54) is 18.6 Å². The van der Waals surface area contributed by atoms with Crippen LogP contribution in [0.3, 0.4) is 0 Å². The largest absolute Gasteiger partial charge is 0.338 e. The minimum Gasteiger partial charge on any atom is -0.338 e. The SMILES string of the molecule is O=C(c1cc(F)cc(Br)c1)N1CCCC(CCBr)C1. The van der Waals surface area contributed by atoms with Crippen LogP contribution in [0.4, 0.5) is 4.39 Å². The fourth-order valence-corrected chi connectivity index (χ4v) is 3.61. The Balaban J connectivity index is 2.10. The van der Waals surface area contributed by atoms with Crippen molar-refractivity contribution < 1.29 is 9.18 Å². The molecule has 1 heterocycles. The Morgan fingerprint density at radius 1 is 1.42 bits per heavy atom. The van der Waals surface area contributed by atoms with Crippen molar-refractivity contribution >= 4 is 37.8 Å². The minimum absolute atomic E-state index is 0.0699. The molecule has 0 aliphatic carbocycles. The molecule has 0 aromatic heterocycles. The Kier molecular flexibility index (Phi) is 5.39. The normalized spacial score (nSPS) is 19.5. The molecule has 0 radical (unpaired) electrons. The fourth-order valence-electron chi connectivity index (χ4n) is 2.50. The molecule has 0 saturated carbocycles. The molecule has 2 rings (SSSR count). The Hall–Kier alpha value is -0.420. The standard InChI is InChI=1S/C14H16Br2FNO/c15-4-3-10-2-1-5-18(9-10)14(19)11-6-12(16)8-13(17)7-11/h6-8,10H,1-5,9H2. The van der Waals surface area contributed by atoms with E-state index in [4.69, 9.17) is 0 Å². The third kappa shape index (κ3) is 4.02. The topological polar surface area (TPSA) is 20.3 Å². The number of nitrogens with zero attached hydrogens (tertiary/aromatic N) is 1. The van der Waals surface area contributed by atoms with Crippen molar-refractivity contribution in [1.82, 2.24) is 4.90 Å². The highest BCUT2D eigenvalue weighted by Gasteiger charge is 2.24. The van der Waals surface area contributed by atoms with Crippen molar-refractivity contribution in [2.45, 2.75) is 19.3 Å². The lowest BCUT2D eigenvalue weighted by molar-refractivity contribution is 0.0671. The van der Waals surface area contributed by atoms with E-state index >= 15 is 0 Å². The van der Waals surface area contributed by atoms with Gasteiger partial charge < -0.3 is 4.90 Å². The molecule has 1 atom stereocenters. The second-order valence-corrected chi connectivity index (χ2v) is 6.60. The van der Waals surface area contributed by atoms with Gasteiger partial charge in [-0.3, -0.25) is 4.79 Å². The highest BCUT2D eigenvalue weighted by Crippen LogP contribution is 2.23. The smallest absolute Gasteiger partial charge is 0.254 e. The third-order valence-electron chi connectivity index (χ3n) is 3.43. The summed E-state index contributed by atoms with van der Waals surface area (Å²) in [7, 11) is 0. The van der Waals surface area contributed by atoms with Crippen molar-refractivity contribution in [2.75, 3.05) is 18.4 Å². The zero-order chi connectivity index (χ0) is 13.8. The predicted molar refractivity (Wildman–Crippen MR) is 81.1 cm³/mol. The van der Waals surface area contributed by atoms with Gasteiger partial charge in [0.1, 0.15) is 5.82 Å². The number of likely N-dealkylation sites (tertiary alicyclic amines) is 1. The van der Waals surface area contributed by atoms with Crippen molar-refractivity contribution in [2.24, 2.45) is 5.92 Å². The van der Waals surface area contributed by atoms with Crippen LogP contribution in [-0.2, 0) is 0 Å². The van der Waals surface area contributed by atoms with Gasteiger partial charge in [-0.1, -0.05) is 31.9 Å². The van der Waals surface area contributed by atoms with Crippen molar-refractivity contribution in [3.8, 4) is 0 Å². The maximum Gasteiger partial charge on any atom is 0.254 e. The van der Waals surface area contributed by atoms with E-state index in [9.17, 15) is 9.18 Å². The van der Waals surface area contributed by atoms with Crippen LogP contribution in [0.25, 0.3) is 0 Å². The molecule has 1 amide bonds. The highest BCUT2D eigenvalue weighted by molar-refractivity contribution is 9.10. The predicted octanol–water partition coefficient (Wildman–Crippen LogP) is 4.23. The van der Waals surface area contributed by atoms with Gasteiger partial charge in [-0.2, -0.15) is 0 Å². The number of benzene rings is 1. The average molecular weight is 393 g/mol. The number of piperidine rings is 1. The second kappa shape index (κ2) is 6.84. The molecule has 1 aromatic rings. The summed E-state index contributed by atoms with van der Waals surface area (Å²) < 4.78 is 13.9. The summed E-state index contributed by atoms with van der Waals surface area (Å²) in [5.74, 6) is 0.0975. The van der Waals surface area contributed by atoms with E-state index in [0.717, 1.165) is 31.3 Å². The molecular formula is C14H16Br2FNO. The lowest BCUT2D eigenvalue weighted by atomic mass is 9.95. The zero-order valence-corrected chi connectivity index (χ0v) is 13.7. The summed E-state index contributed by atoms with van der Waals surface area (Å²) in [6.07, 6.45) is 3.28. The van der Waals surface area contributed by atoms with Gasteiger partial charge in [0.25, 0.3) is 5.91 Å². The number of hydrogen-bond acceptors (Lipinski definition) is 1. The highest BCUT2D eigenvalue weighted by atomic mass is 79.9. The molecule has 19 heavy (non-hydrogen) atoms. The van der Waals surface area contributed by atoms with Crippen molar-refractivity contribution in [1.29, 1.82) is 0 Å². The van der Waals surface area contributed by atoms with Crippen LogP contribution < -0.4 is 0 Å². The third-order valence-corrected chi connectivity index (χ3v) is 4.35. The van der Waals surface area contributed by atoms with Gasteiger partial charge in [0.05, 0.1) is 0 Å². The van der Waals surface area contributed by atoms with Gasteiger partial charge in [-0.25, -0.2) is 4.39 Å². The minimum atomic E-state index is -0.383. The van der Waals surface area contributed by atoms with E-state index in [-0.39, 0.29) is 11.7 Å². The monoisotopic (exact) mass is 391 g/mol. The molecule has 1 unspecified atom stereocenters. The van der Waals surface area contributed by atoms with Gasteiger partial charge in [0.15, 0.2) is 0 Å². The summed E-state index contributed by atoms with van der Waals surface area (Å²) in [6, 6.07) is 4.35. The second-order valence-electron chi connectivity index (χ2n) is 4.90. The fraction of sp³-hybridized carbons (Fsp3) is 0.500. The molecule has 1 aliphatic heterocycles. The number of carbonyl (C=O) groups is 1. The van der Waals surface area contributed by atoms with E-state index in [1.807, 2.05) is 4.90 Å². The molecule has 0 N–H and O–H groups in total. The van der Waals surface area contributed by atoms with Gasteiger partial charge >= 0.3 is 0 Å². The molecular weight excluding hydrogens is 377 g/mol. The van der Waals surface area contributed by atoms with Crippen LogP contribution in [0.5, 0.6) is 0 Å². The van der Waals surface area contributed by atoms with Gasteiger partial charge in [0.2, 0.25) is 0 Å². The first-order valence-corrected chi connectivity index (χ1v) is 8.33. The van der Waals surface area contributed by atoms with E-state index < -0.39 is 0 Å². The van der Waals surface area contributed by atoms with Gasteiger partial charge in [-0.15, -0.1) is 0 Å². The van der Waals surface area contributed by atoms with Crippen LogP contribution in [-0.4, -0.2) is 29.2 Å². The summed E-state index contributed by atoms with van der Waals surface area (Å²) in [4.78, 5) is 14.2. The lowest BCUT2D eigenvalue weighted by Crippen LogP contribution is -2.40. The summed E-state index contributed by atoms with van der Waals surface area (Å²) in [6.45, 7) is 1.55. The molecule has 1 fully saturated rings. The number of alkyl halides is 1. The number of rotatable bonds is 3. The molecule has 0 bridgehead atoms. The summed E-state index contributed by atoms with van der Waals surface area (Å²) in [5.41, 5.74) is 0.423. The first kappa shape index (κ1) is 15.0. The number of amides is 1. The summed E-state index contributed by atoms with van der Waals surface area (Å²) in [5, 5.41) is 0.964. The van der Waals surface area contributed by atoms with E-state index in [0.29, 0.717) is 16.0 Å². The van der Waals surface area contributed by atoms with Crippen molar-refractivity contribution in [3.05, 3.63) is 34.1 Å². The van der Waals surface area contributed by atoms with E-state index in [1.54, 1.807) is 6.07 Å². The molecule has 1 saturated heterocycles. The first-order valence-electron chi connectivity index (χ1n) is 6.41. The van der Waals surface area contributed by atoms with Crippen LogP contribution in [0, 0.1) is 11.7 Å². The van der Waals surface area contributed by atoms with Crippen LogP contribution in [0.2, 0.25) is 0 Å². The Morgan fingerprint density at radius 2 is 2.21 bits per heavy atom. The van der Waals surface area contributed by atoms with Crippen LogP contribution in [0.1, 0.15) is 29.6 Å². The first-order chi connectivity index (χ1) is 9.10. The molecule has 1 aliphatic rings. The Labute approximate surface area is 129 Å². The quantitative estimate of drug-likeness (QED) is 0.705. The Bertz CT molecular complexity index is 445. The molecule has 1 aromatic carbocycles. The maximum atomic E-state index is 13.3. The van der Waals surface area contributed by atoms with Gasteiger partial charge in [-0.05, 0) is 43.4 Å². The molecule has 0 spiro atoms. The molecule has 104 valence electrons. The average Bonchev–Trinajstić information content (AvgIpc) is 2.37. The number of halogens is 3. The lowest BCUT2D eigenvalue weighted by Gasteiger charge is -2.32.